The summed E-state index contributed by atoms with van der Waals surface area (Å²) in [7, 11) is 1.53. The minimum Gasteiger partial charge on any atom is -0.497 e. The van der Waals surface area contributed by atoms with E-state index in [0.29, 0.717) is 29.7 Å². The first-order valence-electron chi connectivity index (χ1n) is 8.49. The molecule has 2 aromatic rings. The third-order valence-electron chi connectivity index (χ3n) is 4.31. The average molecular weight is 361 g/mol. The number of carboxylic acid groups (broad SMARTS) is 1. The Morgan fingerprint density at radius 1 is 1.35 bits per heavy atom. The van der Waals surface area contributed by atoms with Crippen LogP contribution in [-0.4, -0.2) is 30.1 Å². The van der Waals surface area contributed by atoms with E-state index in [-0.39, 0.29) is 12.8 Å². The van der Waals surface area contributed by atoms with E-state index in [0.717, 1.165) is 10.9 Å². The van der Waals surface area contributed by atoms with E-state index < -0.39 is 23.5 Å². The molecule has 0 aliphatic heterocycles. The van der Waals surface area contributed by atoms with Crippen LogP contribution in [0.3, 0.4) is 0 Å². The number of rotatable bonds is 8. The van der Waals surface area contributed by atoms with Crippen LogP contribution in [0.4, 0.5) is 0 Å². The number of nitrogens with one attached hydrogen (secondary N) is 1. The summed E-state index contributed by atoms with van der Waals surface area (Å²) in [6, 6.07) is 4.31. The molecule has 2 N–H and O–H groups in total. The van der Waals surface area contributed by atoms with Crippen LogP contribution in [0.1, 0.15) is 37.3 Å². The molecule has 0 bridgehead atoms. The van der Waals surface area contributed by atoms with Crippen LogP contribution >= 0.6 is 0 Å². The molecule has 7 nitrogen and oxygen atoms in total. The van der Waals surface area contributed by atoms with E-state index in [2.05, 4.69) is 5.32 Å². The van der Waals surface area contributed by atoms with Crippen molar-refractivity contribution >= 4 is 22.8 Å². The molecule has 0 aliphatic carbocycles. The number of hydrogen-bond acceptors (Lipinski definition) is 5. The van der Waals surface area contributed by atoms with E-state index in [9.17, 15) is 14.4 Å². The molecular formula is C19H23NO6. The second-order valence-corrected chi connectivity index (χ2v) is 6.10. The van der Waals surface area contributed by atoms with Crippen molar-refractivity contribution in [1.82, 2.24) is 5.32 Å². The van der Waals surface area contributed by atoms with E-state index >= 15 is 0 Å². The number of carbonyl (C=O) groups excluding carboxylic acids is 1. The molecule has 0 unspecified atom stereocenters. The normalized spacial score (nSPS) is 12.0. The molecule has 1 heterocycles. The molecule has 26 heavy (non-hydrogen) atoms. The van der Waals surface area contributed by atoms with E-state index in [1.165, 1.54) is 7.11 Å². The van der Waals surface area contributed by atoms with Crippen LogP contribution in [0.25, 0.3) is 11.0 Å². The lowest BCUT2D eigenvalue weighted by Crippen LogP contribution is -2.40. The maximum absolute atomic E-state index is 12.3. The highest BCUT2D eigenvalue weighted by Gasteiger charge is 2.19. The third kappa shape index (κ3) is 4.41. The fourth-order valence-electron chi connectivity index (χ4n) is 2.84. The first-order valence-corrected chi connectivity index (χ1v) is 8.49. The fourth-order valence-corrected chi connectivity index (χ4v) is 2.84. The van der Waals surface area contributed by atoms with Gasteiger partial charge in [-0.25, -0.2) is 9.59 Å². The van der Waals surface area contributed by atoms with E-state index in [1.54, 1.807) is 25.1 Å². The van der Waals surface area contributed by atoms with Gasteiger partial charge in [-0.05, 0) is 37.5 Å². The monoisotopic (exact) mass is 361 g/mol. The molecule has 140 valence electrons. The lowest BCUT2D eigenvalue weighted by atomic mass is 10.0. The molecule has 2 rings (SSSR count). The highest BCUT2D eigenvalue weighted by Crippen LogP contribution is 2.24. The van der Waals surface area contributed by atoms with Crippen LogP contribution in [0.5, 0.6) is 5.75 Å². The number of benzene rings is 1. The zero-order valence-corrected chi connectivity index (χ0v) is 15.1. The van der Waals surface area contributed by atoms with Gasteiger partial charge in [-0.2, -0.15) is 0 Å². The number of carbonyl (C=O) groups is 2. The van der Waals surface area contributed by atoms with Crippen LogP contribution in [-0.2, 0) is 16.0 Å². The Hall–Kier alpha value is -2.83. The molecule has 0 saturated carbocycles. The smallest absolute Gasteiger partial charge is 0.339 e. The van der Waals surface area contributed by atoms with Crippen molar-refractivity contribution in [2.45, 2.75) is 45.6 Å². The van der Waals surface area contributed by atoms with Gasteiger partial charge in [0.25, 0.3) is 0 Å². The molecule has 1 amide bonds. The third-order valence-corrected chi connectivity index (χ3v) is 4.31. The minimum absolute atomic E-state index is 0.0146. The first-order chi connectivity index (χ1) is 12.4. The number of hydrogen-bond donors (Lipinski definition) is 2. The van der Waals surface area contributed by atoms with Crippen LogP contribution in [0.2, 0.25) is 0 Å². The van der Waals surface area contributed by atoms with Gasteiger partial charge in [-0.3, -0.25) is 4.79 Å². The molecule has 1 aromatic heterocycles. The van der Waals surface area contributed by atoms with Gasteiger partial charge in [0.2, 0.25) is 5.91 Å². The number of aryl methyl sites for hydroxylation is 1. The van der Waals surface area contributed by atoms with Crippen molar-refractivity contribution in [3.8, 4) is 5.75 Å². The Bertz CT molecular complexity index is 870. The lowest BCUT2D eigenvalue weighted by molar-refractivity contribution is -0.142. The maximum atomic E-state index is 12.3. The predicted octanol–water partition coefficient (Wildman–Crippen LogP) is 2.41. The van der Waals surface area contributed by atoms with Gasteiger partial charge in [-0.15, -0.1) is 0 Å². The van der Waals surface area contributed by atoms with E-state index in [1.807, 2.05) is 6.92 Å². The number of carboxylic acids is 1. The number of methoxy groups -OCH3 is 1. The standard InChI is InChI=1S/C19H23NO6/c1-4-5-15(18(22)23)20-17(21)9-8-14-11(2)13-7-6-12(25-3)10-16(13)26-19(14)24/h6-7,10,15H,4-5,8-9H2,1-3H3,(H,20,21)(H,22,23)/t15-/m1/s1. The topological polar surface area (TPSA) is 106 Å². The highest BCUT2D eigenvalue weighted by atomic mass is 16.5. The number of amides is 1. The molecular weight excluding hydrogens is 338 g/mol. The van der Waals surface area contributed by atoms with Crippen molar-refractivity contribution in [1.29, 1.82) is 0 Å². The number of aliphatic carboxylic acids is 1. The Morgan fingerprint density at radius 3 is 2.69 bits per heavy atom. The van der Waals surface area contributed by atoms with Gasteiger partial charge in [0.05, 0.1) is 7.11 Å². The predicted molar refractivity (Wildman–Crippen MR) is 96.6 cm³/mol. The molecule has 1 atom stereocenters. The second kappa shape index (κ2) is 8.51. The Morgan fingerprint density at radius 2 is 2.08 bits per heavy atom. The zero-order valence-electron chi connectivity index (χ0n) is 15.1. The summed E-state index contributed by atoms with van der Waals surface area (Å²) in [5, 5.41) is 12.4. The van der Waals surface area contributed by atoms with Crippen molar-refractivity contribution in [2.24, 2.45) is 0 Å². The maximum Gasteiger partial charge on any atom is 0.339 e. The lowest BCUT2D eigenvalue weighted by Gasteiger charge is -2.14. The fraction of sp³-hybridized carbons (Fsp3) is 0.421. The molecule has 7 heteroatoms. The summed E-state index contributed by atoms with van der Waals surface area (Å²) in [5.41, 5.74) is 1.09. The minimum atomic E-state index is -1.06. The number of ether oxygens (including phenoxy) is 1. The van der Waals surface area contributed by atoms with Gasteiger partial charge in [0, 0.05) is 23.4 Å². The second-order valence-electron chi connectivity index (χ2n) is 6.10. The molecule has 0 radical (unpaired) electrons. The van der Waals surface area contributed by atoms with Crippen molar-refractivity contribution in [3.05, 3.63) is 39.7 Å². The molecule has 0 aliphatic rings. The summed E-state index contributed by atoms with van der Waals surface area (Å²) in [6.07, 6.45) is 1.20. The van der Waals surface area contributed by atoms with Crippen molar-refractivity contribution in [3.63, 3.8) is 0 Å². The van der Waals surface area contributed by atoms with Gasteiger partial charge >= 0.3 is 11.6 Å². The Kier molecular flexibility index (Phi) is 6.38. The average Bonchev–Trinajstić information content (AvgIpc) is 2.60. The Labute approximate surface area is 151 Å². The summed E-state index contributed by atoms with van der Waals surface area (Å²) >= 11 is 0. The SMILES string of the molecule is CCC[C@@H](NC(=O)CCc1c(C)c2ccc(OC)cc2oc1=O)C(=O)O. The van der Waals surface area contributed by atoms with Crippen LogP contribution in [0.15, 0.2) is 27.4 Å². The quantitative estimate of drug-likeness (QED) is 0.700. The molecule has 0 spiro atoms. The van der Waals surface area contributed by atoms with E-state index in [4.69, 9.17) is 14.3 Å². The van der Waals surface area contributed by atoms with Gasteiger partial charge < -0.3 is 19.6 Å². The summed E-state index contributed by atoms with van der Waals surface area (Å²) in [6.45, 7) is 3.65. The molecule has 1 aromatic carbocycles. The van der Waals surface area contributed by atoms with Gasteiger partial charge in [0.1, 0.15) is 17.4 Å². The van der Waals surface area contributed by atoms with Crippen LogP contribution in [0, 0.1) is 6.92 Å². The van der Waals surface area contributed by atoms with Crippen LogP contribution < -0.4 is 15.7 Å². The molecule has 0 fully saturated rings. The van der Waals surface area contributed by atoms with Crippen molar-refractivity contribution < 1.29 is 23.8 Å². The first kappa shape index (κ1) is 19.5. The summed E-state index contributed by atoms with van der Waals surface area (Å²) < 4.78 is 10.5. The molecule has 0 saturated heterocycles. The largest absolute Gasteiger partial charge is 0.497 e. The van der Waals surface area contributed by atoms with Gasteiger partial charge in [-0.1, -0.05) is 13.3 Å². The number of fused-ring (bicyclic) bond motifs is 1. The highest BCUT2D eigenvalue weighted by molar-refractivity contribution is 5.84. The van der Waals surface area contributed by atoms with Crippen molar-refractivity contribution in [2.75, 3.05) is 7.11 Å². The zero-order chi connectivity index (χ0) is 19.3. The summed E-state index contributed by atoms with van der Waals surface area (Å²) in [4.78, 5) is 35.4. The Balaban J connectivity index is 2.17. The summed E-state index contributed by atoms with van der Waals surface area (Å²) in [5.74, 6) is -0.877. The van der Waals surface area contributed by atoms with Gasteiger partial charge in [0.15, 0.2) is 0 Å².